The van der Waals surface area contributed by atoms with Crippen LogP contribution in [0.3, 0.4) is 0 Å². The highest BCUT2D eigenvalue weighted by Gasteiger charge is 2.23. The van der Waals surface area contributed by atoms with Gasteiger partial charge in [-0.3, -0.25) is 9.69 Å². The van der Waals surface area contributed by atoms with Crippen molar-refractivity contribution in [3.63, 3.8) is 0 Å². The van der Waals surface area contributed by atoms with E-state index in [0.29, 0.717) is 38.8 Å². The van der Waals surface area contributed by atoms with E-state index in [1.807, 2.05) is 13.0 Å². The largest absolute Gasteiger partial charge is 0.496 e. The average Bonchev–Trinajstić information content (AvgIpc) is 2.66. The van der Waals surface area contributed by atoms with E-state index in [-0.39, 0.29) is 5.91 Å². The van der Waals surface area contributed by atoms with Crippen LogP contribution in [0.15, 0.2) is 18.2 Å². The number of carbonyl (C=O) groups excluding carboxylic acids is 1. The van der Waals surface area contributed by atoms with Gasteiger partial charge in [-0.25, -0.2) is 0 Å². The van der Waals surface area contributed by atoms with E-state index >= 15 is 0 Å². The van der Waals surface area contributed by atoms with Crippen LogP contribution in [0.2, 0.25) is 0 Å². The van der Waals surface area contributed by atoms with Crippen molar-refractivity contribution < 1.29 is 14.3 Å². The third-order valence-corrected chi connectivity index (χ3v) is 4.85. The number of rotatable bonds is 10. The summed E-state index contributed by atoms with van der Waals surface area (Å²) in [6.07, 6.45) is 3.93. The number of nitrogens with one attached hydrogen (secondary N) is 1. The number of methoxy groups -OCH3 is 1. The molecule has 0 radical (unpaired) electrons. The van der Waals surface area contributed by atoms with Crippen molar-refractivity contribution in [1.82, 2.24) is 10.2 Å². The maximum atomic E-state index is 11.7. The molecule has 26 heavy (non-hydrogen) atoms. The molecule has 1 aromatic carbocycles. The van der Waals surface area contributed by atoms with Crippen LogP contribution < -0.4 is 15.8 Å². The predicted octanol–water partition coefficient (Wildman–Crippen LogP) is 2.05. The first-order valence-corrected chi connectivity index (χ1v) is 9.62. The van der Waals surface area contributed by atoms with Crippen molar-refractivity contribution in [2.24, 2.45) is 5.73 Å². The van der Waals surface area contributed by atoms with Gasteiger partial charge >= 0.3 is 0 Å². The zero-order valence-corrected chi connectivity index (χ0v) is 16.1. The fraction of sp³-hybridized carbons (Fsp3) is 0.650. The Morgan fingerprint density at radius 3 is 2.96 bits per heavy atom. The highest BCUT2D eigenvalue weighted by atomic mass is 16.5. The topological polar surface area (TPSA) is 76.8 Å². The Labute approximate surface area is 157 Å². The molecule has 1 aliphatic rings. The second-order valence-electron chi connectivity index (χ2n) is 6.75. The van der Waals surface area contributed by atoms with E-state index in [1.54, 1.807) is 7.11 Å². The second kappa shape index (κ2) is 11.2. The van der Waals surface area contributed by atoms with Gasteiger partial charge < -0.3 is 20.5 Å². The lowest BCUT2D eigenvalue weighted by molar-refractivity contribution is -0.121. The summed E-state index contributed by atoms with van der Waals surface area (Å²) in [5.74, 6) is 0.910. The summed E-state index contributed by atoms with van der Waals surface area (Å²) in [6, 6.07) is 6.69. The number of amides is 1. The first-order chi connectivity index (χ1) is 12.7. The fourth-order valence-electron chi connectivity index (χ4n) is 3.44. The number of ether oxygens (including phenoxy) is 2. The van der Waals surface area contributed by atoms with Crippen LogP contribution in [-0.4, -0.2) is 50.2 Å². The second-order valence-corrected chi connectivity index (χ2v) is 6.75. The van der Waals surface area contributed by atoms with Crippen LogP contribution in [0, 0.1) is 0 Å². The van der Waals surface area contributed by atoms with Gasteiger partial charge in [0, 0.05) is 44.3 Å². The number of hydrogen-bond donors (Lipinski definition) is 2. The van der Waals surface area contributed by atoms with Crippen LogP contribution in [0.4, 0.5) is 0 Å². The molecule has 1 saturated heterocycles. The molecule has 0 spiro atoms. The van der Waals surface area contributed by atoms with Crippen LogP contribution in [0.1, 0.15) is 43.7 Å². The molecule has 1 amide bonds. The minimum atomic E-state index is 0.0430. The number of likely N-dealkylation sites (tertiary alicyclic amines) is 1. The lowest BCUT2D eigenvalue weighted by atomic mass is 10.0. The minimum Gasteiger partial charge on any atom is -0.496 e. The third kappa shape index (κ3) is 6.27. The van der Waals surface area contributed by atoms with E-state index in [1.165, 1.54) is 18.4 Å². The number of piperidine rings is 1. The molecule has 1 fully saturated rings. The first kappa shape index (κ1) is 20.7. The first-order valence-electron chi connectivity index (χ1n) is 9.62. The Balaban J connectivity index is 2.00. The number of nitrogens with two attached hydrogens (primary N) is 1. The summed E-state index contributed by atoms with van der Waals surface area (Å²) in [7, 11) is 1.69. The molecule has 0 aromatic heterocycles. The molecule has 1 aliphatic heterocycles. The van der Waals surface area contributed by atoms with Gasteiger partial charge in [0.25, 0.3) is 0 Å². The molecule has 1 atom stereocenters. The molecule has 1 unspecified atom stereocenters. The van der Waals surface area contributed by atoms with Gasteiger partial charge in [-0.1, -0.05) is 12.5 Å². The summed E-state index contributed by atoms with van der Waals surface area (Å²) < 4.78 is 11.0. The smallest absolute Gasteiger partial charge is 0.221 e. The molecule has 0 aliphatic carbocycles. The van der Waals surface area contributed by atoms with E-state index < -0.39 is 0 Å². The Kier molecular flexibility index (Phi) is 8.88. The Hall–Kier alpha value is -1.63. The molecule has 3 N–H and O–H groups in total. The maximum Gasteiger partial charge on any atom is 0.221 e. The van der Waals surface area contributed by atoms with Crippen molar-refractivity contribution in [3.05, 3.63) is 29.3 Å². The number of hydrogen-bond acceptors (Lipinski definition) is 5. The molecule has 146 valence electrons. The Morgan fingerprint density at radius 2 is 2.23 bits per heavy atom. The van der Waals surface area contributed by atoms with Crippen LogP contribution in [-0.2, 0) is 22.7 Å². The summed E-state index contributed by atoms with van der Waals surface area (Å²) in [5.41, 5.74) is 7.78. The summed E-state index contributed by atoms with van der Waals surface area (Å²) in [6.45, 7) is 6.27. The standard InChI is InChI=1S/C20H33N3O3/c1-3-26-15-17-12-16(7-8-19(17)25-2)14-23-11-5-4-6-18(23)13-22-20(24)9-10-21/h7-8,12,18H,3-6,9-11,13-15,21H2,1-2H3,(H,22,24). The predicted molar refractivity (Wildman–Crippen MR) is 103 cm³/mol. The Bertz CT molecular complexity index is 565. The highest BCUT2D eigenvalue weighted by molar-refractivity contribution is 5.76. The highest BCUT2D eigenvalue weighted by Crippen LogP contribution is 2.24. The lowest BCUT2D eigenvalue weighted by Crippen LogP contribution is -2.46. The molecule has 0 bridgehead atoms. The molecular formula is C20H33N3O3. The zero-order chi connectivity index (χ0) is 18.8. The van der Waals surface area contributed by atoms with E-state index in [4.69, 9.17) is 15.2 Å². The van der Waals surface area contributed by atoms with Gasteiger partial charge in [0.1, 0.15) is 5.75 Å². The average molecular weight is 364 g/mol. The van der Waals surface area contributed by atoms with Crippen molar-refractivity contribution in [2.75, 3.05) is 33.4 Å². The summed E-state index contributed by atoms with van der Waals surface area (Å²) in [4.78, 5) is 14.2. The van der Waals surface area contributed by atoms with Gasteiger partial charge in [0.05, 0.1) is 13.7 Å². The lowest BCUT2D eigenvalue weighted by Gasteiger charge is -2.36. The van der Waals surface area contributed by atoms with Crippen molar-refractivity contribution in [1.29, 1.82) is 0 Å². The SMILES string of the molecule is CCOCc1cc(CN2CCCCC2CNC(=O)CCN)ccc1OC. The Morgan fingerprint density at radius 1 is 1.38 bits per heavy atom. The van der Waals surface area contributed by atoms with Gasteiger partial charge in [-0.05, 0) is 44.0 Å². The summed E-state index contributed by atoms with van der Waals surface area (Å²) in [5, 5.41) is 3.03. The maximum absolute atomic E-state index is 11.7. The number of benzene rings is 1. The van der Waals surface area contributed by atoms with Crippen LogP contribution in [0.25, 0.3) is 0 Å². The monoisotopic (exact) mass is 363 g/mol. The molecule has 6 heteroatoms. The van der Waals surface area contributed by atoms with Gasteiger partial charge in [-0.2, -0.15) is 0 Å². The molecule has 2 rings (SSSR count). The zero-order valence-electron chi connectivity index (χ0n) is 16.1. The summed E-state index contributed by atoms with van der Waals surface area (Å²) >= 11 is 0. The van der Waals surface area contributed by atoms with Gasteiger partial charge in [0.15, 0.2) is 0 Å². The van der Waals surface area contributed by atoms with E-state index in [9.17, 15) is 4.79 Å². The molecule has 6 nitrogen and oxygen atoms in total. The number of nitrogens with zero attached hydrogens (tertiary/aromatic N) is 1. The molecule has 1 aromatic rings. The van der Waals surface area contributed by atoms with Crippen molar-refractivity contribution >= 4 is 5.91 Å². The molecular weight excluding hydrogens is 330 g/mol. The van der Waals surface area contributed by atoms with Crippen molar-refractivity contribution in [2.45, 2.75) is 51.8 Å². The van der Waals surface area contributed by atoms with Crippen molar-refractivity contribution in [3.8, 4) is 5.75 Å². The molecule has 0 saturated carbocycles. The quantitative estimate of drug-likeness (QED) is 0.665. The van der Waals surface area contributed by atoms with Crippen LogP contribution in [0.5, 0.6) is 5.75 Å². The van der Waals surface area contributed by atoms with E-state index in [0.717, 1.165) is 30.8 Å². The third-order valence-electron chi connectivity index (χ3n) is 4.85. The van der Waals surface area contributed by atoms with Gasteiger partial charge in [0.2, 0.25) is 5.91 Å². The fourth-order valence-corrected chi connectivity index (χ4v) is 3.44. The molecule has 1 heterocycles. The van der Waals surface area contributed by atoms with Crippen LogP contribution >= 0.6 is 0 Å². The number of carbonyl (C=O) groups is 1. The normalized spacial score (nSPS) is 17.9. The van der Waals surface area contributed by atoms with Gasteiger partial charge in [-0.15, -0.1) is 0 Å². The minimum absolute atomic E-state index is 0.0430. The van der Waals surface area contributed by atoms with E-state index in [2.05, 4.69) is 22.3 Å².